The van der Waals surface area contributed by atoms with E-state index in [1.807, 2.05) is 37.3 Å². The first kappa shape index (κ1) is 25.7. The van der Waals surface area contributed by atoms with E-state index in [9.17, 15) is 19.1 Å². The lowest BCUT2D eigenvalue weighted by Gasteiger charge is -2.21. The van der Waals surface area contributed by atoms with Gasteiger partial charge in [-0.25, -0.2) is 24.3 Å². The van der Waals surface area contributed by atoms with Gasteiger partial charge < -0.3 is 29.3 Å². The number of hydrogen-bond acceptors (Lipinski definition) is 9. The monoisotopic (exact) mass is 534 g/mol. The highest BCUT2D eigenvalue weighted by atomic mass is 31.2. The topological polar surface area (TPSA) is 179 Å². The number of aromatic nitrogens is 4. The van der Waals surface area contributed by atoms with Crippen molar-refractivity contribution in [3.8, 4) is 0 Å². The fourth-order valence-electron chi connectivity index (χ4n) is 4.29. The summed E-state index contributed by atoms with van der Waals surface area (Å²) in [5.74, 6) is 0.222. The molecule has 0 spiro atoms. The Morgan fingerprint density at radius 3 is 2.68 bits per heavy atom. The van der Waals surface area contributed by atoms with Crippen LogP contribution in [0.2, 0.25) is 0 Å². The molecular formula is C22H27N6O8P. The van der Waals surface area contributed by atoms with E-state index in [1.54, 1.807) is 4.57 Å². The second kappa shape index (κ2) is 10.8. The van der Waals surface area contributed by atoms with Crippen LogP contribution in [0, 0.1) is 0 Å². The normalized spacial score (nSPS) is 25.3. The van der Waals surface area contributed by atoms with Gasteiger partial charge in [-0.05, 0) is 6.42 Å². The van der Waals surface area contributed by atoms with Crippen molar-refractivity contribution in [1.82, 2.24) is 24.8 Å². The van der Waals surface area contributed by atoms with Crippen LogP contribution in [0.15, 0.2) is 43.0 Å². The van der Waals surface area contributed by atoms with Gasteiger partial charge in [0.1, 0.15) is 24.6 Å². The van der Waals surface area contributed by atoms with E-state index in [0.717, 1.165) is 18.4 Å². The fourth-order valence-corrected chi connectivity index (χ4v) is 4.63. The maximum Gasteiger partial charge on any atom is 0.469 e. The van der Waals surface area contributed by atoms with Crippen LogP contribution in [0.4, 0.5) is 10.6 Å². The number of amides is 2. The first-order chi connectivity index (χ1) is 17.8. The maximum atomic E-state index is 12.3. The standard InChI is InChI=1S/C22H27N6O8P/c1-2-3-9-23-22(29)27-18-15-19(25-11-24-18)28(12-26-15)20-17-16(14(34-20)10-33-37(30,31)32)35-21(36-17)13-7-5-4-6-8-13/h4-8,11-12,14,16-17,20-21H,2-3,9-10H2,1H3,(H2,30,31,32)(H2,23,24,25,27,29)/t14-,16-,17-,20-,21?/m1/s1. The summed E-state index contributed by atoms with van der Waals surface area (Å²) in [6.45, 7) is 2.14. The third kappa shape index (κ3) is 5.65. The van der Waals surface area contributed by atoms with Crippen molar-refractivity contribution in [2.45, 2.75) is 50.6 Å². The zero-order chi connectivity index (χ0) is 26.0. The molecule has 2 aliphatic rings. The molecule has 4 N–H and O–H groups in total. The molecule has 5 atom stereocenters. The molecule has 1 unspecified atom stereocenters. The number of carbonyl (C=O) groups excluding carboxylic acids is 1. The Bertz CT molecular complexity index is 1290. The van der Waals surface area contributed by atoms with Crippen LogP contribution in [0.1, 0.15) is 37.8 Å². The summed E-state index contributed by atoms with van der Waals surface area (Å²) in [5, 5.41) is 5.45. The molecule has 2 fully saturated rings. The van der Waals surface area contributed by atoms with Gasteiger partial charge in [-0.15, -0.1) is 0 Å². The molecule has 3 aromatic rings. The van der Waals surface area contributed by atoms with Crippen molar-refractivity contribution >= 4 is 30.8 Å². The summed E-state index contributed by atoms with van der Waals surface area (Å²) in [6.07, 6.45) is 0.834. The molecule has 0 saturated carbocycles. The number of urea groups is 1. The number of phosphoric ester groups is 1. The van der Waals surface area contributed by atoms with Crippen molar-refractivity contribution in [3.05, 3.63) is 48.5 Å². The molecular weight excluding hydrogens is 507 g/mol. The van der Waals surface area contributed by atoms with Crippen LogP contribution >= 0.6 is 7.82 Å². The first-order valence-corrected chi connectivity index (χ1v) is 13.3. The van der Waals surface area contributed by atoms with Crippen LogP contribution in [0.5, 0.6) is 0 Å². The van der Waals surface area contributed by atoms with Crippen LogP contribution in [0.25, 0.3) is 11.2 Å². The molecule has 4 heterocycles. The number of anilines is 1. The second-order valence-corrected chi connectivity index (χ2v) is 9.82. The van der Waals surface area contributed by atoms with E-state index in [2.05, 4.69) is 25.6 Å². The number of nitrogens with one attached hydrogen (secondary N) is 2. The summed E-state index contributed by atoms with van der Waals surface area (Å²) in [5.41, 5.74) is 1.48. The Morgan fingerprint density at radius 1 is 1.14 bits per heavy atom. The van der Waals surface area contributed by atoms with Gasteiger partial charge in [0.05, 0.1) is 12.9 Å². The number of unbranched alkanes of at least 4 members (excludes halogenated alkanes) is 1. The maximum absolute atomic E-state index is 12.3. The molecule has 0 bridgehead atoms. The minimum absolute atomic E-state index is 0.222. The lowest BCUT2D eigenvalue weighted by atomic mass is 10.1. The van der Waals surface area contributed by atoms with Crippen LogP contribution in [-0.2, 0) is 23.3 Å². The number of rotatable bonds is 9. The van der Waals surface area contributed by atoms with Crippen molar-refractivity contribution < 1.29 is 37.9 Å². The number of fused-ring (bicyclic) bond motifs is 2. The number of nitrogens with zero attached hydrogens (tertiary/aromatic N) is 4. The zero-order valence-corrected chi connectivity index (χ0v) is 20.7. The van der Waals surface area contributed by atoms with Crippen molar-refractivity contribution in [1.29, 1.82) is 0 Å². The lowest BCUT2D eigenvalue weighted by Crippen LogP contribution is -2.31. The summed E-state index contributed by atoms with van der Waals surface area (Å²) in [6, 6.07) is 8.87. The van der Waals surface area contributed by atoms with E-state index in [0.29, 0.717) is 17.7 Å². The van der Waals surface area contributed by atoms with Gasteiger partial charge in [0.25, 0.3) is 0 Å². The summed E-state index contributed by atoms with van der Waals surface area (Å²) in [4.78, 5) is 43.5. The predicted octanol–water partition coefficient (Wildman–Crippen LogP) is 2.24. The van der Waals surface area contributed by atoms with Crippen LogP contribution in [-0.4, -0.2) is 66.8 Å². The summed E-state index contributed by atoms with van der Waals surface area (Å²) < 4.78 is 36.1. The van der Waals surface area contributed by atoms with E-state index >= 15 is 0 Å². The third-order valence-electron chi connectivity index (χ3n) is 6.01. The van der Waals surface area contributed by atoms with Gasteiger partial charge in [0.15, 0.2) is 29.5 Å². The SMILES string of the molecule is CCCCNC(=O)Nc1ncnc2c1ncn2[C@@H]1O[C@H](COP(=O)(O)O)[C@H]2OC(c3ccccc3)O[C@H]21. The van der Waals surface area contributed by atoms with Gasteiger partial charge in [-0.1, -0.05) is 43.7 Å². The molecule has 0 radical (unpaired) electrons. The second-order valence-electron chi connectivity index (χ2n) is 8.58. The van der Waals surface area contributed by atoms with Crippen LogP contribution < -0.4 is 10.6 Å². The predicted molar refractivity (Wildman–Crippen MR) is 128 cm³/mol. The van der Waals surface area contributed by atoms with E-state index in [1.165, 1.54) is 12.7 Å². The average molecular weight is 534 g/mol. The van der Waals surface area contributed by atoms with E-state index < -0.39 is 51.3 Å². The Kier molecular flexibility index (Phi) is 7.49. The Morgan fingerprint density at radius 2 is 1.92 bits per heavy atom. The number of hydrogen-bond donors (Lipinski definition) is 4. The molecule has 1 aromatic carbocycles. The van der Waals surface area contributed by atoms with Gasteiger partial charge >= 0.3 is 13.9 Å². The number of carbonyl (C=O) groups is 1. The van der Waals surface area contributed by atoms with E-state index in [4.69, 9.17) is 18.7 Å². The number of imidazole rings is 1. The Labute approximate surface area is 211 Å². The zero-order valence-electron chi connectivity index (χ0n) is 19.8. The van der Waals surface area contributed by atoms with E-state index in [-0.39, 0.29) is 5.82 Å². The quantitative estimate of drug-likeness (QED) is 0.234. The Balaban J connectivity index is 1.41. The molecule has 0 aliphatic carbocycles. The summed E-state index contributed by atoms with van der Waals surface area (Å²) >= 11 is 0. The number of ether oxygens (including phenoxy) is 3. The third-order valence-corrected chi connectivity index (χ3v) is 6.49. The van der Waals surface area contributed by atoms with Gasteiger partial charge in [0.2, 0.25) is 0 Å². The number of benzene rings is 1. The van der Waals surface area contributed by atoms with Gasteiger partial charge in [-0.2, -0.15) is 0 Å². The summed E-state index contributed by atoms with van der Waals surface area (Å²) in [7, 11) is -4.74. The molecule has 37 heavy (non-hydrogen) atoms. The fraction of sp³-hybridized carbons (Fsp3) is 0.455. The van der Waals surface area contributed by atoms with Gasteiger partial charge in [-0.3, -0.25) is 14.4 Å². The highest BCUT2D eigenvalue weighted by Gasteiger charge is 2.54. The van der Waals surface area contributed by atoms with Gasteiger partial charge in [0, 0.05) is 12.1 Å². The molecule has 2 amide bonds. The molecule has 2 aliphatic heterocycles. The molecule has 2 aromatic heterocycles. The largest absolute Gasteiger partial charge is 0.469 e. The minimum Gasteiger partial charge on any atom is -0.347 e. The highest BCUT2D eigenvalue weighted by molar-refractivity contribution is 7.46. The molecule has 14 nitrogen and oxygen atoms in total. The molecule has 15 heteroatoms. The van der Waals surface area contributed by atoms with Crippen molar-refractivity contribution in [2.24, 2.45) is 0 Å². The van der Waals surface area contributed by atoms with Crippen molar-refractivity contribution in [2.75, 3.05) is 18.5 Å². The molecule has 2 saturated heterocycles. The average Bonchev–Trinajstić information content (AvgIpc) is 3.57. The van der Waals surface area contributed by atoms with Crippen LogP contribution in [0.3, 0.4) is 0 Å². The lowest BCUT2D eigenvalue weighted by molar-refractivity contribution is -0.152. The molecule has 198 valence electrons. The minimum atomic E-state index is -4.74. The smallest absolute Gasteiger partial charge is 0.347 e. The highest BCUT2D eigenvalue weighted by Crippen LogP contribution is 2.46. The van der Waals surface area contributed by atoms with Crippen molar-refractivity contribution in [3.63, 3.8) is 0 Å². The first-order valence-electron chi connectivity index (χ1n) is 11.8. The molecule has 5 rings (SSSR count). The Hall–Kier alpha value is -2.97. The number of phosphoric acid groups is 1.